The fourth-order valence-corrected chi connectivity index (χ4v) is 3.24. The second kappa shape index (κ2) is 11.1. The fraction of sp³-hybridized carbons (Fsp3) is 0.263. The molecule has 0 aliphatic carbocycles. The van der Waals surface area contributed by atoms with Crippen molar-refractivity contribution in [3.63, 3.8) is 0 Å². The summed E-state index contributed by atoms with van der Waals surface area (Å²) in [5.74, 6) is 1.41. The third-order valence-electron chi connectivity index (χ3n) is 3.85. The standard InChI is InChI=1S/C19H20F2N4O2S.HI/c1-22-19(23-10-14-12-26-17(24-14)16-4-3-9-28-16)25(2)11-13-5-7-15(8-6-13)27-18(20)21;/h3-9,12,18H,10-11H2,1-2H3,(H,22,23);1H. The number of rotatable bonds is 7. The molecule has 0 saturated heterocycles. The van der Waals surface area contributed by atoms with Crippen LogP contribution < -0.4 is 10.1 Å². The maximum Gasteiger partial charge on any atom is 0.387 e. The topological polar surface area (TPSA) is 62.9 Å². The maximum absolute atomic E-state index is 12.2. The highest BCUT2D eigenvalue weighted by Gasteiger charge is 2.11. The van der Waals surface area contributed by atoms with Crippen LogP contribution in [0.25, 0.3) is 10.8 Å². The molecule has 2 aromatic heterocycles. The van der Waals surface area contributed by atoms with E-state index in [1.54, 1.807) is 36.8 Å². The van der Waals surface area contributed by atoms with E-state index in [1.807, 2.05) is 29.5 Å². The van der Waals surface area contributed by atoms with Gasteiger partial charge in [-0.15, -0.1) is 35.3 Å². The quantitative estimate of drug-likeness (QED) is 0.268. The molecule has 0 amide bonds. The Labute approximate surface area is 188 Å². The predicted molar refractivity (Wildman–Crippen MR) is 120 cm³/mol. The minimum Gasteiger partial charge on any atom is -0.443 e. The molecular weight excluding hydrogens is 513 g/mol. The highest BCUT2D eigenvalue weighted by molar-refractivity contribution is 14.0. The van der Waals surface area contributed by atoms with Gasteiger partial charge in [-0.1, -0.05) is 18.2 Å². The fourth-order valence-electron chi connectivity index (χ4n) is 2.58. The van der Waals surface area contributed by atoms with Crippen LogP contribution >= 0.6 is 35.3 Å². The van der Waals surface area contributed by atoms with Crippen molar-refractivity contribution in [3.05, 3.63) is 59.3 Å². The Morgan fingerprint density at radius 3 is 2.69 bits per heavy atom. The average molecular weight is 534 g/mol. The van der Waals surface area contributed by atoms with Gasteiger partial charge in [-0.05, 0) is 29.1 Å². The molecule has 0 aliphatic rings. The molecule has 0 aliphatic heterocycles. The van der Waals surface area contributed by atoms with Gasteiger partial charge in [-0.2, -0.15) is 8.78 Å². The summed E-state index contributed by atoms with van der Waals surface area (Å²) in [7, 11) is 3.58. The smallest absolute Gasteiger partial charge is 0.387 e. The van der Waals surface area contributed by atoms with E-state index in [4.69, 9.17) is 4.42 Å². The second-order valence-electron chi connectivity index (χ2n) is 5.90. The van der Waals surface area contributed by atoms with E-state index in [-0.39, 0.29) is 29.7 Å². The lowest BCUT2D eigenvalue weighted by Crippen LogP contribution is -2.38. The Kier molecular flexibility index (Phi) is 8.83. The Morgan fingerprint density at radius 1 is 1.31 bits per heavy atom. The zero-order valence-corrected chi connectivity index (χ0v) is 19.0. The molecule has 0 unspecified atom stereocenters. The van der Waals surface area contributed by atoms with Gasteiger partial charge in [0.15, 0.2) is 5.96 Å². The first-order valence-electron chi connectivity index (χ1n) is 8.49. The molecular formula is C19H21F2IN4O2S. The van der Waals surface area contributed by atoms with Gasteiger partial charge < -0.3 is 19.4 Å². The van der Waals surface area contributed by atoms with Crippen molar-refractivity contribution < 1.29 is 17.9 Å². The number of hydrogen-bond acceptors (Lipinski definition) is 5. The number of hydrogen-bond donors (Lipinski definition) is 1. The zero-order chi connectivity index (χ0) is 19.9. The average Bonchev–Trinajstić information content (AvgIpc) is 3.35. The third-order valence-corrected chi connectivity index (χ3v) is 4.71. The number of aliphatic imine (C=N–C) groups is 1. The number of oxazole rings is 1. The van der Waals surface area contributed by atoms with E-state index in [1.165, 1.54) is 12.1 Å². The van der Waals surface area contributed by atoms with Crippen LogP contribution in [0.1, 0.15) is 11.3 Å². The molecule has 10 heteroatoms. The van der Waals surface area contributed by atoms with Crippen molar-refractivity contribution in [2.24, 2.45) is 4.99 Å². The summed E-state index contributed by atoms with van der Waals surface area (Å²) >= 11 is 1.57. The lowest BCUT2D eigenvalue weighted by atomic mass is 10.2. The van der Waals surface area contributed by atoms with Crippen LogP contribution in [0.4, 0.5) is 8.78 Å². The van der Waals surface area contributed by atoms with Gasteiger partial charge in [0.25, 0.3) is 0 Å². The molecule has 1 aromatic carbocycles. The number of aromatic nitrogens is 1. The second-order valence-corrected chi connectivity index (χ2v) is 6.85. The molecule has 0 spiro atoms. The van der Waals surface area contributed by atoms with E-state index in [0.717, 1.165) is 16.1 Å². The summed E-state index contributed by atoms with van der Waals surface area (Å²) < 4.78 is 34.3. The van der Waals surface area contributed by atoms with Crippen molar-refractivity contribution in [2.75, 3.05) is 14.1 Å². The number of nitrogens with one attached hydrogen (secondary N) is 1. The van der Waals surface area contributed by atoms with E-state index < -0.39 is 6.61 Å². The summed E-state index contributed by atoms with van der Waals surface area (Å²) in [6.45, 7) is -1.81. The molecule has 0 bridgehead atoms. The minimum atomic E-state index is -2.83. The van der Waals surface area contributed by atoms with Crippen LogP contribution in [-0.4, -0.2) is 36.6 Å². The van der Waals surface area contributed by atoms with Gasteiger partial charge in [0.1, 0.15) is 12.0 Å². The number of alkyl halides is 2. The van der Waals surface area contributed by atoms with E-state index in [0.29, 0.717) is 24.9 Å². The van der Waals surface area contributed by atoms with Crippen molar-refractivity contribution in [2.45, 2.75) is 19.7 Å². The summed E-state index contributed by atoms with van der Waals surface area (Å²) in [5, 5.41) is 5.21. The number of thiophene rings is 1. The van der Waals surface area contributed by atoms with Crippen molar-refractivity contribution >= 4 is 41.3 Å². The molecule has 0 atom stereocenters. The SMILES string of the molecule is CN=C(NCc1coc(-c2cccs2)n1)N(C)Cc1ccc(OC(F)F)cc1.I. The summed E-state index contributed by atoms with van der Waals surface area (Å²) in [6.07, 6.45) is 1.62. The molecule has 0 fully saturated rings. The van der Waals surface area contributed by atoms with Crippen LogP contribution in [0.3, 0.4) is 0 Å². The highest BCUT2D eigenvalue weighted by Crippen LogP contribution is 2.23. The first-order valence-corrected chi connectivity index (χ1v) is 9.37. The summed E-state index contributed by atoms with van der Waals surface area (Å²) in [5.41, 5.74) is 1.71. The predicted octanol–water partition coefficient (Wildman–Crippen LogP) is 4.83. The first kappa shape index (κ1) is 23.1. The third kappa shape index (κ3) is 6.67. The number of benzene rings is 1. The Hall–Kier alpha value is -2.21. The molecule has 6 nitrogen and oxygen atoms in total. The van der Waals surface area contributed by atoms with Gasteiger partial charge in [0.05, 0.1) is 17.1 Å². The van der Waals surface area contributed by atoms with Crippen LogP contribution in [0.2, 0.25) is 0 Å². The Morgan fingerprint density at radius 2 is 2.07 bits per heavy atom. The van der Waals surface area contributed by atoms with Crippen molar-refractivity contribution in [1.29, 1.82) is 0 Å². The molecule has 0 radical (unpaired) electrons. The summed E-state index contributed by atoms with van der Waals surface area (Å²) in [4.78, 5) is 11.6. The molecule has 29 heavy (non-hydrogen) atoms. The van der Waals surface area contributed by atoms with Gasteiger partial charge in [0, 0.05) is 20.6 Å². The molecule has 3 aromatic rings. The normalized spacial score (nSPS) is 11.3. The summed E-state index contributed by atoms with van der Waals surface area (Å²) in [6, 6.07) is 10.4. The lowest BCUT2D eigenvalue weighted by Gasteiger charge is -2.22. The van der Waals surface area contributed by atoms with Gasteiger partial charge in [0.2, 0.25) is 5.89 Å². The molecule has 1 N–H and O–H groups in total. The van der Waals surface area contributed by atoms with Crippen LogP contribution in [0, 0.1) is 0 Å². The van der Waals surface area contributed by atoms with Crippen molar-refractivity contribution in [1.82, 2.24) is 15.2 Å². The first-order chi connectivity index (χ1) is 13.5. The number of nitrogens with zero attached hydrogens (tertiary/aromatic N) is 3. The molecule has 3 rings (SSSR count). The lowest BCUT2D eigenvalue weighted by molar-refractivity contribution is -0.0498. The minimum absolute atomic E-state index is 0. The number of guanidine groups is 1. The van der Waals surface area contributed by atoms with E-state index >= 15 is 0 Å². The monoisotopic (exact) mass is 534 g/mol. The van der Waals surface area contributed by atoms with Gasteiger partial charge in [-0.3, -0.25) is 4.99 Å². The molecule has 0 saturated carbocycles. The van der Waals surface area contributed by atoms with Gasteiger partial charge >= 0.3 is 6.61 Å². The van der Waals surface area contributed by atoms with E-state index in [9.17, 15) is 8.78 Å². The molecule has 156 valence electrons. The number of ether oxygens (including phenoxy) is 1. The molecule has 2 heterocycles. The maximum atomic E-state index is 12.2. The van der Waals surface area contributed by atoms with Crippen LogP contribution in [0.15, 0.2) is 57.5 Å². The van der Waals surface area contributed by atoms with Gasteiger partial charge in [-0.25, -0.2) is 4.98 Å². The highest BCUT2D eigenvalue weighted by atomic mass is 127. The Bertz CT molecular complexity index is 901. The van der Waals surface area contributed by atoms with Crippen LogP contribution in [-0.2, 0) is 13.1 Å². The number of halogens is 3. The van der Waals surface area contributed by atoms with Crippen LogP contribution in [0.5, 0.6) is 5.75 Å². The zero-order valence-electron chi connectivity index (χ0n) is 15.8. The Balaban J connectivity index is 0.00000300. The van der Waals surface area contributed by atoms with E-state index in [2.05, 4.69) is 20.0 Å². The van der Waals surface area contributed by atoms with Crippen molar-refractivity contribution in [3.8, 4) is 16.5 Å². The largest absolute Gasteiger partial charge is 0.443 e.